The highest BCUT2D eigenvalue weighted by Crippen LogP contribution is 2.30. The zero-order valence-corrected chi connectivity index (χ0v) is 17.6. The maximum absolute atomic E-state index is 10.7. The second-order valence-corrected chi connectivity index (χ2v) is 8.24. The molecule has 0 amide bonds. The Labute approximate surface area is 182 Å². The van der Waals surface area contributed by atoms with Crippen molar-refractivity contribution in [1.29, 1.82) is 5.26 Å². The van der Waals surface area contributed by atoms with Gasteiger partial charge in [-0.2, -0.15) is 5.26 Å². The number of aliphatic hydroxyl groups is 1. The lowest BCUT2D eigenvalue weighted by atomic mass is 10.1. The van der Waals surface area contributed by atoms with Crippen LogP contribution in [0.2, 0.25) is 0 Å². The number of aliphatic hydroxyl groups excluding tert-OH is 1. The maximum Gasteiger partial charge on any atom is 0.161 e. The average Bonchev–Trinajstić information content (AvgIpc) is 2.80. The lowest BCUT2D eigenvalue weighted by molar-refractivity contribution is -0.950. The predicted molar refractivity (Wildman–Crippen MR) is 114 cm³/mol. The van der Waals surface area contributed by atoms with Crippen LogP contribution in [0.4, 0.5) is 0 Å². The molecule has 0 aromatic heterocycles. The molecule has 2 aromatic rings. The van der Waals surface area contributed by atoms with E-state index in [1.54, 1.807) is 0 Å². The summed E-state index contributed by atoms with van der Waals surface area (Å²) in [7, 11) is 0. The van der Waals surface area contributed by atoms with Gasteiger partial charge in [-0.05, 0) is 24.3 Å². The second-order valence-electron chi connectivity index (χ2n) is 8.24. The van der Waals surface area contributed by atoms with Gasteiger partial charge in [0.15, 0.2) is 17.6 Å². The molecule has 4 rings (SSSR count). The molecular formula is C24H29N2O5+. The van der Waals surface area contributed by atoms with Crippen LogP contribution < -0.4 is 9.47 Å². The largest absolute Gasteiger partial charge is 0.486 e. The van der Waals surface area contributed by atoms with Gasteiger partial charge in [0.1, 0.15) is 38.9 Å². The lowest BCUT2D eigenvalue weighted by Gasteiger charge is -2.42. The normalized spacial score (nSPS) is 20.6. The van der Waals surface area contributed by atoms with E-state index >= 15 is 0 Å². The van der Waals surface area contributed by atoms with Gasteiger partial charge >= 0.3 is 0 Å². The van der Waals surface area contributed by atoms with E-state index in [-0.39, 0.29) is 12.7 Å². The molecule has 7 heteroatoms. The van der Waals surface area contributed by atoms with Crippen LogP contribution in [0, 0.1) is 11.3 Å². The number of quaternary nitrogens is 1. The molecule has 1 N–H and O–H groups in total. The number of hydrogen-bond acceptors (Lipinski definition) is 6. The molecule has 2 aliphatic heterocycles. The SMILES string of the molecule is N#Cc1ccc(C[N+]2(C[C@H](O)COC[C@H]3COc4ccccc4O3)CCOCC2)cc1. The van der Waals surface area contributed by atoms with Crippen molar-refractivity contribution < 1.29 is 28.5 Å². The van der Waals surface area contributed by atoms with Crippen molar-refractivity contribution in [3.63, 3.8) is 0 Å². The number of nitrogens with zero attached hydrogens (tertiary/aromatic N) is 2. The number of morpholine rings is 1. The first-order chi connectivity index (χ1) is 15.2. The third-order valence-electron chi connectivity index (χ3n) is 5.80. The highest BCUT2D eigenvalue weighted by atomic mass is 16.6. The van der Waals surface area contributed by atoms with Gasteiger partial charge < -0.3 is 28.5 Å². The topological polar surface area (TPSA) is 80.9 Å². The lowest BCUT2D eigenvalue weighted by Crippen LogP contribution is -2.58. The molecule has 2 atom stereocenters. The smallest absolute Gasteiger partial charge is 0.161 e. The molecule has 0 saturated carbocycles. The molecule has 7 nitrogen and oxygen atoms in total. The first-order valence-electron chi connectivity index (χ1n) is 10.7. The Bertz CT molecular complexity index is 890. The zero-order valence-electron chi connectivity index (χ0n) is 17.6. The van der Waals surface area contributed by atoms with Crippen LogP contribution in [0.3, 0.4) is 0 Å². The highest BCUT2D eigenvalue weighted by Gasteiger charge is 2.33. The standard InChI is InChI=1S/C24H29N2O5/c25-13-19-5-7-20(8-6-19)14-26(9-11-28-12-10-26)15-21(27)16-29-17-22-18-30-23-3-1-2-4-24(23)31-22/h1-8,21-22,27H,9-12,14-18H2/q+1/t21-,22-/m0/s1. The first-order valence-corrected chi connectivity index (χ1v) is 10.7. The van der Waals surface area contributed by atoms with Gasteiger partial charge in [-0.1, -0.05) is 24.3 Å². The van der Waals surface area contributed by atoms with Crippen LogP contribution in [0.15, 0.2) is 48.5 Å². The van der Waals surface area contributed by atoms with Crippen molar-refractivity contribution in [2.24, 2.45) is 0 Å². The van der Waals surface area contributed by atoms with Crippen molar-refractivity contribution in [1.82, 2.24) is 0 Å². The van der Waals surface area contributed by atoms with Gasteiger partial charge in [0.05, 0.1) is 38.1 Å². The van der Waals surface area contributed by atoms with E-state index in [2.05, 4.69) is 6.07 Å². The van der Waals surface area contributed by atoms with Gasteiger partial charge in [0.2, 0.25) is 0 Å². The predicted octanol–water partition coefficient (Wildman–Crippen LogP) is 2.12. The summed E-state index contributed by atoms with van der Waals surface area (Å²) in [5.74, 6) is 1.48. The fourth-order valence-corrected chi connectivity index (χ4v) is 4.19. The van der Waals surface area contributed by atoms with Crippen LogP contribution in [-0.4, -0.2) is 74.5 Å². The van der Waals surface area contributed by atoms with Crippen molar-refractivity contribution in [3.05, 3.63) is 59.7 Å². The Balaban J connectivity index is 1.28. The zero-order chi connectivity index (χ0) is 21.5. The molecule has 164 valence electrons. The number of hydrogen-bond donors (Lipinski definition) is 1. The maximum atomic E-state index is 10.7. The Morgan fingerprint density at radius 1 is 1.10 bits per heavy atom. The average molecular weight is 426 g/mol. The Morgan fingerprint density at radius 2 is 1.84 bits per heavy atom. The molecule has 0 bridgehead atoms. The molecule has 31 heavy (non-hydrogen) atoms. The molecule has 2 heterocycles. The molecular weight excluding hydrogens is 396 g/mol. The van der Waals surface area contributed by atoms with Gasteiger partial charge in [0, 0.05) is 5.56 Å². The van der Waals surface area contributed by atoms with Gasteiger partial charge in [0.25, 0.3) is 0 Å². The number of nitriles is 1. The second kappa shape index (κ2) is 10.1. The Hall–Kier alpha value is -2.63. The van der Waals surface area contributed by atoms with E-state index in [1.807, 2.05) is 48.5 Å². The number of rotatable bonds is 8. The fourth-order valence-electron chi connectivity index (χ4n) is 4.19. The van der Waals surface area contributed by atoms with E-state index in [9.17, 15) is 5.11 Å². The Kier molecular flexibility index (Phi) is 7.05. The number of benzene rings is 2. The fraction of sp³-hybridized carbons (Fsp3) is 0.458. The molecule has 0 radical (unpaired) electrons. The van der Waals surface area contributed by atoms with E-state index in [1.165, 1.54) is 0 Å². The number of para-hydroxylation sites is 2. The minimum atomic E-state index is -0.590. The minimum absolute atomic E-state index is 0.188. The number of fused-ring (bicyclic) bond motifs is 1. The molecule has 0 aliphatic carbocycles. The minimum Gasteiger partial charge on any atom is -0.486 e. The summed E-state index contributed by atoms with van der Waals surface area (Å²) in [5, 5.41) is 19.7. The summed E-state index contributed by atoms with van der Waals surface area (Å²) < 4.78 is 23.7. The monoisotopic (exact) mass is 425 g/mol. The third kappa shape index (κ3) is 5.75. The highest BCUT2D eigenvalue weighted by molar-refractivity contribution is 5.40. The van der Waals surface area contributed by atoms with E-state index < -0.39 is 6.10 Å². The summed E-state index contributed by atoms with van der Waals surface area (Å²) in [6, 6.07) is 17.4. The summed E-state index contributed by atoms with van der Waals surface area (Å²) in [4.78, 5) is 0. The van der Waals surface area contributed by atoms with Crippen LogP contribution in [0.1, 0.15) is 11.1 Å². The third-order valence-corrected chi connectivity index (χ3v) is 5.80. The van der Waals surface area contributed by atoms with Crippen molar-refractivity contribution in [2.45, 2.75) is 18.8 Å². The van der Waals surface area contributed by atoms with Crippen molar-refractivity contribution in [3.8, 4) is 17.6 Å². The van der Waals surface area contributed by atoms with Crippen molar-refractivity contribution >= 4 is 0 Å². The van der Waals surface area contributed by atoms with Crippen LogP contribution in [0.25, 0.3) is 0 Å². The first kappa shape index (κ1) is 21.6. The van der Waals surface area contributed by atoms with E-state index in [0.717, 1.165) is 41.2 Å². The molecule has 0 unspecified atom stereocenters. The van der Waals surface area contributed by atoms with E-state index in [4.69, 9.17) is 24.2 Å². The van der Waals surface area contributed by atoms with Gasteiger partial charge in [-0.3, -0.25) is 0 Å². The quantitative estimate of drug-likeness (QED) is 0.653. The molecule has 2 aliphatic rings. The summed E-state index contributed by atoms with van der Waals surface area (Å²) in [6.45, 7) is 5.47. The molecule has 0 spiro atoms. The molecule has 2 aromatic carbocycles. The molecule has 1 fully saturated rings. The van der Waals surface area contributed by atoms with Crippen LogP contribution in [0.5, 0.6) is 11.5 Å². The molecule has 1 saturated heterocycles. The Morgan fingerprint density at radius 3 is 2.58 bits per heavy atom. The number of ether oxygens (including phenoxy) is 4. The summed E-state index contributed by atoms with van der Waals surface area (Å²) in [5.41, 5.74) is 1.81. The van der Waals surface area contributed by atoms with Crippen LogP contribution in [-0.2, 0) is 16.0 Å². The van der Waals surface area contributed by atoms with Gasteiger partial charge in [-0.25, -0.2) is 0 Å². The summed E-state index contributed by atoms with van der Waals surface area (Å²) >= 11 is 0. The van der Waals surface area contributed by atoms with E-state index in [0.29, 0.717) is 38.5 Å². The van der Waals surface area contributed by atoms with Crippen LogP contribution >= 0.6 is 0 Å². The van der Waals surface area contributed by atoms with Crippen molar-refractivity contribution in [2.75, 3.05) is 52.7 Å². The van der Waals surface area contributed by atoms with Gasteiger partial charge in [-0.15, -0.1) is 0 Å². The summed E-state index contributed by atoms with van der Waals surface area (Å²) in [6.07, 6.45) is -0.777.